The number of aryl methyl sites for hydroxylation is 1. The number of nitrogens with one attached hydrogen (secondary N) is 1. The average Bonchev–Trinajstić information content (AvgIpc) is 2.65. The highest BCUT2D eigenvalue weighted by Gasteiger charge is 2.08. The van der Waals surface area contributed by atoms with Gasteiger partial charge in [-0.1, -0.05) is 23.7 Å². The summed E-state index contributed by atoms with van der Waals surface area (Å²) in [5.41, 5.74) is 2.19. The zero-order valence-corrected chi connectivity index (χ0v) is 16.2. The predicted molar refractivity (Wildman–Crippen MR) is 104 cm³/mol. The molecule has 2 rings (SSSR count). The average molecular weight is 380 g/mol. The number of halogens is 1. The Kier molecular flexibility index (Phi) is 8.04. The Labute approximate surface area is 159 Å². The first-order valence-electron chi connectivity index (χ1n) is 8.52. The van der Waals surface area contributed by atoms with E-state index in [9.17, 15) is 5.11 Å². The Hall–Kier alpha value is -1.95. The van der Waals surface area contributed by atoms with Crippen LogP contribution in [0.25, 0.3) is 0 Å². The summed E-state index contributed by atoms with van der Waals surface area (Å²) in [5, 5.41) is 13.8. The third-order valence-electron chi connectivity index (χ3n) is 3.94. The van der Waals surface area contributed by atoms with Gasteiger partial charge >= 0.3 is 0 Å². The number of hydrogen-bond donors (Lipinski definition) is 2. The van der Waals surface area contributed by atoms with E-state index in [1.807, 2.05) is 37.3 Å². The van der Waals surface area contributed by atoms with E-state index in [1.165, 1.54) is 0 Å². The molecule has 0 heterocycles. The summed E-state index contributed by atoms with van der Waals surface area (Å²) in [6, 6.07) is 11.4. The van der Waals surface area contributed by atoms with E-state index in [4.69, 9.17) is 25.8 Å². The number of ether oxygens (including phenoxy) is 3. The SMILES string of the molecule is COc1ccc(CCNCC(O)COc2cc(C)ccc2Cl)cc1OC. The van der Waals surface area contributed by atoms with Crippen LogP contribution in [0.1, 0.15) is 11.1 Å². The Morgan fingerprint density at radius 1 is 1.04 bits per heavy atom. The van der Waals surface area contributed by atoms with Gasteiger partial charge in [-0.05, 0) is 55.3 Å². The van der Waals surface area contributed by atoms with E-state index < -0.39 is 6.10 Å². The van der Waals surface area contributed by atoms with Crippen molar-refractivity contribution in [2.75, 3.05) is 33.9 Å². The van der Waals surface area contributed by atoms with Crippen LogP contribution in [0, 0.1) is 6.92 Å². The fourth-order valence-electron chi connectivity index (χ4n) is 2.50. The molecule has 5 nitrogen and oxygen atoms in total. The van der Waals surface area contributed by atoms with Crippen LogP contribution in [0.3, 0.4) is 0 Å². The maximum atomic E-state index is 10.1. The molecule has 6 heteroatoms. The summed E-state index contributed by atoms with van der Waals surface area (Å²) in [4.78, 5) is 0. The van der Waals surface area contributed by atoms with Gasteiger partial charge in [0.25, 0.3) is 0 Å². The monoisotopic (exact) mass is 379 g/mol. The number of hydrogen-bond acceptors (Lipinski definition) is 5. The summed E-state index contributed by atoms with van der Waals surface area (Å²) < 4.78 is 16.1. The number of methoxy groups -OCH3 is 2. The van der Waals surface area contributed by atoms with Crippen molar-refractivity contribution in [1.82, 2.24) is 5.32 Å². The third kappa shape index (κ3) is 6.09. The molecule has 0 bridgehead atoms. The van der Waals surface area contributed by atoms with Crippen molar-refractivity contribution < 1.29 is 19.3 Å². The van der Waals surface area contributed by atoms with Crippen LogP contribution >= 0.6 is 11.6 Å². The molecule has 142 valence electrons. The minimum atomic E-state index is -0.614. The molecule has 2 N–H and O–H groups in total. The fraction of sp³-hybridized carbons (Fsp3) is 0.400. The van der Waals surface area contributed by atoms with Crippen molar-refractivity contribution in [3.8, 4) is 17.2 Å². The molecule has 0 saturated carbocycles. The molecule has 0 aromatic heterocycles. The standard InChI is InChI=1S/C20H26ClNO4/c1-14-4-6-17(21)19(10-14)26-13-16(23)12-22-9-8-15-5-7-18(24-2)20(11-15)25-3/h4-7,10-11,16,22-23H,8-9,12-13H2,1-3H3. The Morgan fingerprint density at radius 3 is 2.54 bits per heavy atom. The van der Waals surface area contributed by atoms with Gasteiger partial charge in [-0.15, -0.1) is 0 Å². The summed E-state index contributed by atoms with van der Waals surface area (Å²) in [7, 11) is 3.24. The number of aliphatic hydroxyl groups is 1. The van der Waals surface area contributed by atoms with E-state index in [-0.39, 0.29) is 6.61 Å². The normalized spacial score (nSPS) is 11.9. The maximum absolute atomic E-state index is 10.1. The zero-order valence-electron chi connectivity index (χ0n) is 15.4. The van der Waals surface area contributed by atoms with Crippen LogP contribution in [-0.4, -0.2) is 45.1 Å². The first-order valence-corrected chi connectivity index (χ1v) is 8.90. The molecule has 0 aliphatic carbocycles. The van der Waals surface area contributed by atoms with Gasteiger partial charge in [0.05, 0.1) is 19.2 Å². The Morgan fingerprint density at radius 2 is 1.81 bits per heavy atom. The van der Waals surface area contributed by atoms with E-state index >= 15 is 0 Å². The molecular weight excluding hydrogens is 354 g/mol. The highest BCUT2D eigenvalue weighted by molar-refractivity contribution is 6.32. The van der Waals surface area contributed by atoms with Gasteiger partial charge in [0.1, 0.15) is 18.5 Å². The summed E-state index contributed by atoms with van der Waals surface area (Å²) >= 11 is 6.08. The van der Waals surface area contributed by atoms with E-state index in [2.05, 4.69) is 5.32 Å². The Bertz CT molecular complexity index is 708. The van der Waals surface area contributed by atoms with Crippen LogP contribution in [-0.2, 0) is 6.42 Å². The molecule has 0 radical (unpaired) electrons. The summed E-state index contributed by atoms with van der Waals surface area (Å²) in [6.07, 6.45) is 0.203. The lowest BCUT2D eigenvalue weighted by Gasteiger charge is -2.15. The minimum Gasteiger partial charge on any atom is -0.493 e. The molecular formula is C20H26ClNO4. The third-order valence-corrected chi connectivity index (χ3v) is 4.25. The first-order chi connectivity index (χ1) is 12.5. The fourth-order valence-corrected chi connectivity index (χ4v) is 2.68. The van der Waals surface area contributed by atoms with Crippen molar-refractivity contribution >= 4 is 11.6 Å². The lowest BCUT2D eigenvalue weighted by atomic mass is 10.1. The van der Waals surface area contributed by atoms with Crippen LogP contribution in [0.5, 0.6) is 17.2 Å². The molecule has 26 heavy (non-hydrogen) atoms. The topological polar surface area (TPSA) is 60.0 Å². The first kappa shape index (κ1) is 20.4. The molecule has 1 atom stereocenters. The predicted octanol–water partition coefficient (Wildman–Crippen LogP) is 3.24. The second kappa shape index (κ2) is 10.3. The molecule has 0 saturated heterocycles. The van der Waals surface area contributed by atoms with Crippen LogP contribution in [0.2, 0.25) is 5.02 Å². The molecule has 2 aromatic carbocycles. The second-order valence-corrected chi connectivity index (χ2v) is 6.45. The highest BCUT2D eigenvalue weighted by atomic mass is 35.5. The van der Waals surface area contributed by atoms with Gasteiger partial charge in [0, 0.05) is 6.54 Å². The van der Waals surface area contributed by atoms with Crippen molar-refractivity contribution in [3.63, 3.8) is 0 Å². The van der Waals surface area contributed by atoms with Crippen LogP contribution in [0.4, 0.5) is 0 Å². The molecule has 0 aliphatic heterocycles. The van der Waals surface area contributed by atoms with Gasteiger partial charge in [-0.25, -0.2) is 0 Å². The number of rotatable bonds is 10. The highest BCUT2D eigenvalue weighted by Crippen LogP contribution is 2.27. The second-order valence-electron chi connectivity index (χ2n) is 6.04. The molecule has 0 aliphatic rings. The van der Waals surface area contributed by atoms with E-state index in [0.29, 0.717) is 28.8 Å². The van der Waals surface area contributed by atoms with Crippen LogP contribution in [0.15, 0.2) is 36.4 Å². The molecule has 0 spiro atoms. The van der Waals surface area contributed by atoms with Crippen molar-refractivity contribution in [2.24, 2.45) is 0 Å². The van der Waals surface area contributed by atoms with Gasteiger partial charge in [0.15, 0.2) is 11.5 Å². The minimum absolute atomic E-state index is 0.187. The van der Waals surface area contributed by atoms with E-state index in [0.717, 1.165) is 24.1 Å². The van der Waals surface area contributed by atoms with Gasteiger partial charge in [-0.3, -0.25) is 0 Å². The quantitative estimate of drug-likeness (QED) is 0.620. The van der Waals surface area contributed by atoms with Gasteiger partial charge in [0.2, 0.25) is 0 Å². The molecule has 0 amide bonds. The van der Waals surface area contributed by atoms with Gasteiger partial charge in [-0.2, -0.15) is 0 Å². The molecule has 2 aromatic rings. The van der Waals surface area contributed by atoms with Crippen LogP contribution < -0.4 is 19.5 Å². The smallest absolute Gasteiger partial charge is 0.160 e. The van der Waals surface area contributed by atoms with Crippen molar-refractivity contribution in [1.29, 1.82) is 0 Å². The number of aliphatic hydroxyl groups excluding tert-OH is 1. The lowest BCUT2D eigenvalue weighted by molar-refractivity contribution is 0.106. The van der Waals surface area contributed by atoms with Crippen molar-refractivity contribution in [3.05, 3.63) is 52.5 Å². The molecule has 1 unspecified atom stereocenters. The maximum Gasteiger partial charge on any atom is 0.160 e. The van der Waals surface area contributed by atoms with Gasteiger partial charge < -0.3 is 24.6 Å². The summed E-state index contributed by atoms with van der Waals surface area (Å²) in [6.45, 7) is 3.33. The largest absolute Gasteiger partial charge is 0.493 e. The van der Waals surface area contributed by atoms with E-state index in [1.54, 1.807) is 20.3 Å². The Balaban J connectivity index is 1.71. The zero-order chi connectivity index (χ0) is 18.9. The molecule has 0 fully saturated rings. The van der Waals surface area contributed by atoms with Crippen molar-refractivity contribution in [2.45, 2.75) is 19.4 Å². The summed E-state index contributed by atoms with van der Waals surface area (Å²) in [5.74, 6) is 2.02. The lowest BCUT2D eigenvalue weighted by Crippen LogP contribution is -2.32. The number of benzene rings is 2.